The van der Waals surface area contributed by atoms with Gasteiger partial charge in [-0.2, -0.15) is 4.98 Å². The molecular formula is C14H24N4O3. The van der Waals surface area contributed by atoms with Crippen LogP contribution in [0.5, 0.6) is 0 Å². The number of aromatic nitrogens is 2. The molecule has 2 aliphatic rings. The molecule has 0 bridgehead atoms. The van der Waals surface area contributed by atoms with Gasteiger partial charge < -0.3 is 19.3 Å². The van der Waals surface area contributed by atoms with Gasteiger partial charge in [-0.25, -0.2) is 0 Å². The maximum absolute atomic E-state index is 5.62. The number of rotatable bonds is 6. The first kappa shape index (κ1) is 14.9. The standard InChI is InChI=1S/C14H24N4O3/c1-18-6-5-15-9-12(18)14-16-13(21-17-14)4-8-19-10-11-3-2-7-20-11/h11-12,15H,2-10H2,1H3. The molecule has 1 N–H and O–H groups in total. The minimum Gasteiger partial charge on any atom is -0.378 e. The van der Waals surface area contributed by atoms with Crippen LogP contribution >= 0.6 is 0 Å². The smallest absolute Gasteiger partial charge is 0.229 e. The maximum Gasteiger partial charge on any atom is 0.229 e. The van der Waals surface area contributed by atoms with Gasteiger partial charge in [0.05, 0.1) is 31.8 Å². The zero-order valence-electron chi connectivity index (χ0n) is 12.6. The summed E-state index contributed by atoms with van der Waals surface area (Å²) in [6.07, 6.45) is 3.17. The van der Waals surface area contributed by atoms with E-state index in [-0.39, 0.29) is 12.1 Å². The molecule has 1 aromatic heterocycles. The SMILES string of the molecule is CN1CCNCC1c1noc(CCOCC2CCCO2)n1. The van der Waals surface area contributed by atoms with Crippen molar-refractivity contribution < 1.29 is 14.0 Å². The second-order valence-electron chi connectivity index (χ2n) is 5.71. The molecule has 7 nitrogen and oxygen atoms in total. The van der Waals surface area contributed by atoms with E-state index in [2.05, 4.69) is 27.4 Å². The fourth-order valence-corrected chi connectivity index (χ4v) is 2.75. The van der Waals surface area contributed by atoms with E-state index in [4.69, 9.17) is 14.0 Å². The summed E-state index contributed by atoms with van der Waals surface area (Å²) in [5.41, 5.74) is 0. The van der Waals surface area contributed by atoms with Crippen molar-refractivity contribution >= 4 is 0 Å². The zero-order chi connectivity index (χ0) is 14.5. The number of piperazine rings is 1. The van der Waals surface area contributed by atoms with Gasteiger partial charge in [0, 0.05) is 26.2 Å². The Morgan fingerprint density at radius 2 is 2.43 bits per heavy atom. The third kappa shape index (κ3) is 4.00. The average molecular weight is 296 g/mol. The third-order valence-corrected chi connectivity index (χ3v) is 4.08. The molecule has 3 heterocycles. The predicted octanol–water partition coefficient (Wildman–Crippen LogP) is 0.384. The molecule has 0 aromatic carbocycles. The van der Waals surface area contributed by atoms with Crippen molar-refractivity contribution in [1.29, 1.82) is 0 Å². The number of nitrogens with zero attached hydrogens (tertiary/aromatic N) is 3. The molecule has 1 aromatic rings. The Hall–Kier alpha value is -1.02. The van der Waals surface area contributed by atoms with E-state index in [0.717, 1.165) is 44.9 Å². The van der Waals surface area contributed by atoms with Crippen LogP contribution in [0.3, 0.4) is 0 Å². The highest BCUT2D eigenvalue weighted by molar-refractivity contribution is 4.97. The van der Waals surface area contributed by atoms with Crippen LogP contribution < -0.4 is 5.32 Å². The Bertz CT molecular complexity index is 434. The van der Waals surface area contributed by atoms with Gasteiger partial charge in [-0.05, 0) is 19.9 Å². The van der Waals surface area contributed by atoms with Crippen LogP contribution in [0.25, 0.3) is 0 Å². The quantitative estimate of drug-likeness (QED) is 0.761. The fraction of sp³-hybridized carbons (Fsp3) is 0.857. The summed E-state index contributed by atoms with van der Waals surface area (Å²) in [7, 11) is 2.09. The molecule has 2 unspecified atom stereocenters. The van der Waals surface area contributed by atoms with Crippen molar-refractivity contribution in [3.8, 4) is 0 Å². The van der Waals surface area contributed by atoms with Crippen molar-refractivity contribution in [2.24, 2.45) is 0 Å². The van der Waals surface area contributed by atoms with Crippen molar-refractivity contribution in [2.75, 3.05) is 46.5 Å². The fourth-order valence-electron chi connectivity index (χ4n) is 2.75. The van der Waals surface area contributed by atoms with Gasteiger partial charge in [0.15, 0.2) is 5.82 Å². The minimum absolute atomic E-state index is 0.198. The van der Waals surface area contributed by atoms with Gasteiger partial charge in [0.25, 0.3) is 0 Å². The van der Waals surface area contributed by atoms with E-state index in [1.165, 1.54) is 0 Å². The monoisotopic (exact) mass is 296 g/mol. The molecule has 118 valence electrons. The lowest BCUT2D eigenvalue weighted by Crippen LogP contribution is -2.44. The highest BCUT2D eigenvalue weighted by Crippen LogP contribution is 2.17. The van der Waals surface area contributed by atoms with E-state index < -0.39 is 0 Å². The predicted molar refractivity (Wildman–Crippen MR) is 76.0 cm³/mol. The molecule has 2 atom stereocenters. The lowest BCUT2D eigenvalue weighted by atomic mass is 10.2. The molecule has 2 saturated heterocycles. The van der Waals surface area contributed by atoms with E-state index in [0.29, 0.717) is 25.5 Å². The van der Waals surface area contributed by atoms with E-state index in [9.17, 15) is 0 Å². The van der Waals surface area contributed by atoms with Gasteiger partial charge in [-0.1, -0.05) is 5.16 Å². The Kier molecular flexibility index (Phi) is 5.18. The van der Waals surface area contributed by atoms with Gasteiger partial charge in [0.2, 0.25) is 5.89 Å². The number of hydrogen-bond acceptors (Lipinski definition) is 7. The molecule has 0 radical (unpaired) electrons. The zero-order valence-corrected chi connectivity index (χ0v) is 12.6. The van der Waals surface area contributed by atoms with Gasteiger partial charge in [-0.3, -0.25) is 4.90 Å². The Labute approximate surface area is 125 Å². The molecule has 0 spiro atoms. The minimum atomic E-state index is 0.198. The molecule has 2 fully saturated rings. The molecular weight excluding hydrogens is 272 g/mol. The number of likely N-dealkylation sites (N-methyl/N-ethyl adjacent to an activating group) is 1. The molecule has 0 amide bonds. The topological polar surface area (TPSA) is 72.7 Å². The Morgan fingerprint density at radius 1 is 1.48 bits per heavy atom. The summed E-state index contributed by atoms with van der Waals surface area (Å²) in [5, 5.41) is 7.45. The van der Waals surface area contributed by atoms with Crippen LogP contribution in [0.15, 0.2) is 4.52 Å². The lowest BCUT2D eigenvalue weighted by Gasteiger charge is -2.30. The molecule has 3 rings (SSSR count). The molecule has 2 aliphatic heterocycles. The average Bonchev–Trinajstić information content (AvgIpc) is 3.16. The van der Waals surface area contributed by atoms with Crippen LogP contribution in [0.2, 0.25) is 0 Å². The number of ether oxygens (including phenoxy) is 2. The summed E-state index contributed by atoms with van der Waals surface area (Å²) in [5.74, 6) is 1.41. The summed E-state index contributed by atoms with van der Waals surface area (Å²) < 4.78 is 16.4. The van der Waals surface area contributed by atoms with Crippen LogP contribution in [0.4, 0.5) is 0 Å². The first-order chi connectivity index (χ1) is 10.3. The van der Waals surface area contributed by atoms with Crippen molar-refractivity contribution in [2.45, 2.75) is 31.4 Å². The van der Waals surface area contributed by atoms with Crippen LogP contribution in [0.1, 0.15) is 30.6 Å². The molecule has 0 saturated carbocycles. The molecule has 21 heavy (non-hydrogen) atoms. The molecule has 0 aliphatic carbocycles. The number of hydrogen-bond donors (Lipinski definition) is 1. The largest absolute Gasteiger partial charge is 0.378 e. The van der Waals surface area contributed by atoms with Gasteiger partial charge in [0.1, 0.15) is 0 Å². The second-order valence-corrected chi connectivity index (χ2v) is 5.71. The van der Waals surface area contributed by atoms with Gasteiger partial charge in [-0.15, -0.1) is 0 Å². The normalized spacial score (nSPS) is 27.3. The summed E-state index contributed by atoms with van der Waals surface area (Å²) in [6.45, 7) is 5.00. The first-order valence-electron chi connectivity index (χ1n) is 7.75. The highest BCUT2D eigenvalue weighted by atomic mass is 16.5. The maximum atomic E-state index is 5.62. The Balaban J connectivity index is 1.42. The van der Waals surface area contributed by atoms with Crippen molar-refractivity contribution in [3.05, 3.63) is 11.7 Å². The number of nitrogens with one attached hydrogen (secondary N) is 1. The van der Waals surface area contributed by atoms with Crippen molar-refractivity contribution in [3.63, 3.8) is 0 Å². The second kappa shape index (κ2) is 7.31. The summed E-state index contributed by atoms with van der Waals surface area (Å²) in [6, 6.07) is 0.198. The van der Waals surface area contributed by atoms with Crippen LogP contribution in [0, 0.1) is 0 Å². The third-order valence-electron chi connectivity index (χ3n) is 4.08. The summed E-state index contributed by atoms with van der Waals surface area (Å²) >= 11 is 0. The summed E-state index contributed by atoms with van der Waals surface area (Å²) in [4.78, 5) is 6.73. The van der Waals surface area contributed by atoms with E-state index in [1.807, 2.05) is 0 Å². The van der Waals surface area contributed by atoms with E-state index >= 15 is 0 Å². The first-order valence-corrected chi connectivity index (χ1v) is 7.75. The lowest BCUT2D eigenvalue weighted by molar-refractivity contribution is 0.0169. The van der Waals surface area contributed by atoms with E-state index in [1.54, 1.807) is 0 Å². The van der Waals surface area contributed by atoms with Crippen molar-refractivity contribution in [1.82, 2.24) is 20.4 Å². The molecule has 7 heteroatoms. The van der Waals surface area contributed by atoms with Crippen LogP contribution in [-0.4, -0.2) is 67.6 Å². The Morgan fingerprint density at radius 3 is 3.24 bits per heavy atom. The van der Waals surface area contributed by atoms with Gasteiger partial charge >= 0.3 is 0 Å². The highest BCUT2D eigenvalue weighted by Gasteiger charge is 2.25. The van der Waals surface area contributed by atoms with Crippen LogP contribution in [-0.2, 0) is 15.9 Å².